The van der Waals surface area contributed by atoms with Gasteiger partial charge in [-0.25, -0.2) is 18.1 Å². The fourth-order valence-electron chi connectivity index (χ4n) is 4.65. The van der Waals surface area contributed by atoms with Crippen molar-refractivity contribution in [3.8, 4) is 17.0 Å². The van der Waals surface area contributed by atoms with Crippen molar-refractivity contribution in [3.05, 3.63) is 71.4 Å². The number of aromatic nitrogens is 3. The Hall–Kier alpha value is -3.72. The number of carbonyl (C=O) groups is 1. The number of aryl methyl sites for hydroxylation is 2. The second kappa shape index (κ2) is 9.39. The van der Waals surface area contributed by atoms with Crippen LogP contribution in [-0.2, 0) is 16.3 Å². The Morgan fingerprint density at radius 2 is 1.86 bits per heavy atom. The molecule has 36 heavy (non-hydrogen) atoms. The van der Waals surface area contributed by atoms with Crippen LogP contribution in [0.3, 0.4) is 0 Å². The molecule has 3 heterocycles. The van der Waals surface area contributed by atoms with Crippen molar-refractivity contribution in [1.29, 1.82) is 0 Å². The molecule has 2 aromatic carbocycles. The fraction of sp³-hybridized carbons (Fsp3) is 0.296. The SMILES string of the molecule is CCc1ccc(NC(=O)c2cc(-c3ccc(OC)cc3)nc3c2c(C)nn3C2CCS(=O)(=O)C2)cc1. The van der Waals surface area contributed by atoms with E-state index in [1.807, 2.05) is 55.5 Å². The first-order chi connectivity index (χ1) is 17.3. The summed E-state index contributed by atoms with van der Waals surface area (Å²) >= 11 is 0. The van der Waals surface area contributed by atoms with Crippen LogP contribution >= 0.6 is 0 Å². The third-order valence-corrected chi connectivity index (χ3v) is 8.39. The predicted octanol–water partition coefficient (Wildman–Crippen LogP) is 4.59. The number of methoxy groups -OCH3 is 1. The summed E-state index contributed by atoms with van der Waals surface area (Å²) < 4.78 is 31.3. The summed E-state index contributed by atoms with van der Waals surface area (Å²) in [6.07, 6.45) is 1.39. The van der Waals surface area contributed by atoms with Gasteiger partial charge in [0.2, 0.25) is 0 Å². The highest BCUT2D eigenvalue weighted by molar-refractivity contribution is 7.91. The van der Waals surface area contributed by atoms with Crippen LogP contribution in [0.5, 0.6) is 5.75 Å². The minimum Gasteiger partial charge on any atom is -0.497 e. The number of nitrogens with one attached hydrogen (secondary N) is 1. The number of rotatable bonds is 6. The molecule has 0 bridgehead atoms. The molecule has 4 aromatic rings. The number of pyridine rings is 1. The summed E-state index contributed by atoms with van der Waals surface area (Å²) in [5.74, 6) is 0.578. The van der Waals surface area contributed by atoms with E-state index < -0.39 is 9.84 Å². The van der Waals surface area contributed by atoms with E-state index in [1.165, 1.54) is 5.56 Å². The van der Waals surface area contributed by atoms with E-state index in [1.54, 1.807) is 17.9 Å². The first kappa shape index (κ1) is 24.0. The van der Waals surface area contributed by atoms with E-state index in [0.717, 1.165) is 12.0 Å². The van der Waals surface area contributed by atoms with E-state index in [4.69, 9.17) is 9.72 Å². The molecule has 0 saturated carbocycles. The molecule has 5 rings (SSSR count). The molecule has 1 aliphatic heterocycles. The predicted molar refractivity (Wildman–Crippen MR) is 140 cm³/mol. The molecule has 0 radical (unpaired) electrons. The quantitative estimate of drug-likeness (QED) is 0.412. The van der Waals surface area contributed by atoms with Crippen LogP contribution in [0, 0.1) is 6.92 Å². The summed E-state index contributed by atoms with van der Waals surface area (Å²) in [6, 6.07) is 16.6. The largest absolute Gasteiger partial charge is 0.497 e. The number of amides is 1. The van der Waals surface area contributed by atoms with Crippen LogP contribution in [0.4, 0.5) is 5.69 Å². The Morgan fingerprint density at radius 1 is 1.14 bits per heavy atom. The van der Waals surface area contributed by atoms with Crippen LogP contribution < -0.4 is 10.1 Å². The van der Waals surface area contributed by atoms with Crippen molar-refractivity contribution in [1.82, 2.24) is 14.8 Å². The van der Waals surface area contributed by atoms with Gasteiger partial charge in [0.25, 0.3) is 5.91 Å². The third-order valence-electron chi connectivity index (χ3n) is 6.64. The highest BCUT2D eigenvalue weighted by atomic mass is 32.2. The number of sulfone groups is 1. The third kappa shape index (κ3) is 4.58. The molecular formula is C27H28N4O4S. The number of carbonyl (C=O) groups excluding carboxylic acids is 1. The highest BCUT2D eigenvalue weighted by Gasteiger charge is 2.32. The molecule has 1 atom stereocenters. The van der Waals surface area contributed by atoms with E-state index in [-0.39, 0.29) is 23.5 Å². The number of benzene rings is 2. The van der Waals surface area contributed by atoms with Crippen molar-refractivity contribution in [2.45, 2.75) is 32.7 Å². The summed E-state index contributed by atoms with van der Waals surface area (Å²) in [6.45, 7) is 3.90. The Bertz CT molecular complexity index is 1540. The second-order valence-corrected chi connectivity index (χ2v) is 11.3. The maximum absolute atomic E-state index is 13.6. The monoisotopic (exact) mass is 504 g/mol. The molecule has 1 fully saturated rings. The van der Waals surface area contributed by atoms with Crippen molar-refractivity contribution in [2.24, 2.45) is 0 Å². The lowest BCUT2D eigenvalue weighted by atomic mass is 10.0. The Kier molecular flexibility index (Phi) is 6.26. The molecule has 1 saturated heterocycles. The standard InChI is InChI=1S/C27H28N4O4S/c1-4-18-5-9-20(10-6-18)28-27(32)23-15-24(19-7-11-22(35-3)12-8-19)29-26-25(23)17(2)30-31(26)21-13-14-36(33,34)16-21/h5-12,15,21H,4,13-14,16H2,1-3H3,(H,28,32). The minimum atomic E-state index is -3.13. The molecule has 1 unspecified atom stereocenters. The van der Waals surface area contributed by atoms with E-state index in [2.05, 4.69) is 17.3 Å². The average molecular weight is 505 g/mol. The van der Waals surface area contributed by atoms with E-state index in [0.29, 0.717) is 45.8 Å². The lowest BCUT2D eigenvalue weighted by molar-refractivity contribution is 0.102. The molecule has 186 valence electrons. The molecule has 8 nitrogen and oxygen atoms in total. The van der Waals surface area contributed by atoms with E-state index in [9.17, 15) is 13.2 Å². The number of fused-ring (bicyclic) bond motifs is 1. The molecule has 2 aromatic heterocycles. The molecule has 0 spiro atoms. The van der Waals surface area contributed by atoms with Crippen LogP contribution in [0.1, 0.15) is 41.0 Å². The van der Waals surface area contributed by atoms with Gasteiger partial charge in [-0.05, 0) is 67.8 Å². The van der Waals surface area contributed by atoms with Gasteiger partial charge in [0.15, 0.2) is 15.5 Å². The molecular weight excluding hydrogens is 476 g/mol. The molecule has 1 N–H and O–H groups in total. The summed E-state index contributed by atoms with van der Waals surface area (Å²) in [4.78, 5) is 18.4. The van der Waals surface area contributed by atoms with Gasteiger partial charge in [0, 0.05) is 11.3 Å². The number of ether oxygens (including phenoxy) is 1. The van der Waals surface area contributed by atoms with Crippen molar-refractivity contribution in [2.75, 3.05) is 23.9 Å². The van der Waals surface area contributed by atoms with E-state index >= 15 is 0 Å². The van der Waals surface area contributed by atoms with Gasteiger partial charge in [-0.3, -0.25) is 4.79 Å². The zero-order valence-electron chi connectivity index (χ0n) is 20.5. The maximum atomic E-state index is 13.6. The van der Waals surface area contributed by atoms with Gasteiger partial charge in [0.05, 0.1) is 47.0 Å². The average Bonchev–Trinajstić information content (AvgIpc) is 3.42. The summed E-state index contributed by atoms with van der Waals surface area (Å²) in [7, 11) is -1.52. The van der Waals surface area contributed by atoms with Gasteiger partial charge in [-0.2, -0.15) is 5.10 Å². The van der Waals surface area contributed by atoms with Gasteiger partial charge in [-0.15, -0.1) is 0 Å². The first-order valence-corrected chi connectivity index (χ1v) is 13.7. The van der Waals surface area contributed by atoms with Crippen LogP contribution in [0.2, 0.25) is 0 Å². The molecule has 1 amide bonds. The van der Waals surface area contributed by atoms with Crippen molar-refractivity contribution in [3.63, 3.8) is 0 Å². The van der Waals surface area contributed by atoms with Crippen molar-refractivity contribution < 1.29 is 17.9 Å². The van der Waals surface area contributed by atoms with Gasteiger partial charge >= 0.3 is 0 Å². The number of hydrogen-bond acceptors (Lipinski definition) is 6. The normalized spacial score (nSPS) is 16.8. The van der Waals surface area contributed by atoms with Gasteiger partial charge < -0.3 is 10.1 Å². The lowest BCUT2D eigenvalue weighted by Crippen LogP contribution is -2.15. The summed E-state index contributed by atoms with van der Waals surface area (Å²) in [5.41, 5.74) is 4.87. The lowest BCUT2D eigenvalue weighted by Gasteiger charge is -2.13. The molecule has 9 heteroatoms. The second-order valence-electron chi connectivity index (χ2n) is 9.07. The topological polar surface area (TPSA) is 103 Å². The number of hydrogen-bond donors (Lipinski definition) is 1. The van der Waals surface area contributed by atoms with Gasteiger partial charge in [-0.1, -0.05) is 19.1 Å². The number of nitrogens with zero attached hydrogens (tertiary/aromatic N) is 3. The first-order valence-electron chi connectivity index (χ1n) is 11.9. The van der Waals surface area contributed by atoms with Crippen LogP contribution in [0.15, 0.2) is 54.6 Å². The Balaban J connectivity index is 1.64. The molecule has 0 aliphatic carbocycles. The smallest absolute Gasteiger partial charge is 0.256 e. The van der Waals surface area contributed by atoms with Gasteiger partial charge in [0.1, 0.15) is 5.75 Å². The zero-order valence-corrected chi connectivity index (χ0v) is 21.3. The summed E-state index contributed by atoms with van der Waals surface area (Å²) in [5, 5.41) is 8.28. The highest BCUT2D eigenvalue weighted by Crippen LogP contribution is 2.33. The number of anilines is 1. The maximum Gasteiger partial charge on any atom is 0.256 e. The Morgan fingerprint density at radius 3 is 2.47 bits per heavy atom. The minimum absolute atomic E-state index is 0.0168. The van der Waals surface area contributed by atoms with Crippen LogP contribution in [0.25, 0.3) is 22.3 Å². The fourth-order valence-corrected chi connectivity index (χ4v) is 6.34. The van der Waals surface area contributed by atoms with Crippen LogP contribution in [-0.4, -0.2) is 47.7 Å². The Labute approximate surface area is 210 Å². The zero-order chi connectivity index (χ0) is 25.4. The molecule has 1 aliphatic rings. The van der Waals surface area contributed by atoms with Crippen molar-refractivity contribution >= 4 is 32.5 Å².